The summed E-state index contributed by atoms with van der Waals surface area (Å²) < 4.78 is 5.06. The molecule has 0 spiro atoms. The van der Waals surface area contributed by atoms with Gasteiger partial charge in [0.25, 0.3) is 5.91 Å². The lowest BCUT2D eigenvalue weighted by Crippen LogP contribution is -2.34. The zero-order valence-corrected chi connectivity index (χ0v) is 7.89. The van der Waals surface area contributed by atoms with E-state index in [2.05, 4.69) is 12.2 Å². The molecule has 1 amide bonds. The Morgan fingerprint density at radius 3 is 2.77 bits per heavy atom. The second kappa shape index (κ2) is 2.62. The monoisotopic (exact) mass is 179 g/mol. The number of carbonyl (C=O) groups is 1. The molecule has 1 fully saturated rings. The van der Waals surface area contributed by atoms with Gasteiger partial charge < -0.3 is 9.73 Å². The van der Waals surface area contributed by atoms with E-state index in [0.717, 1.165) is 12.8 Å². The first-order valence-electron chi connectivity index (χ1n) is 4.47. The third kappa shape index (κ3) is 1.59. The molecule has 13 heavy (non-hydrogen) atoms. The van der Waals surface area contributed by atoms with Gasteiger partial charge in [-0.1, -0.05) is 0 Å². The van der Waals surface area contributed by atoms with Crippen LogP contribution in [-0.2, 0) is 0 Å². The van der Waals surface area contributed by atoms with Crippen molar-refractivity contribution in [3.8, 4) is 0 Å². The Hall–Kier alpha value is -1.25. The summed E-state index contributed by atoms with van der Waals surface area (Å²) in [6.45, 7) is 3.85. The molecule has 0 aliphatic heterocycles. The van der Waals surface area contributed by atoms with Crippen LogP contribution in [0, 0.1) is 6.92 Å². The summed E-state index contributed by atoms with van der Waals surface area (Å²) in [6.07, 6.45) is 3.70. The van der Waals surface area contributed by atoms with E-state index in [0.29, 0.717) is 11.3 Å². The van der Waals surface area contributed by atoms with E-state index < -0.39 is 0 Å². The van der Waals surface area contributed by atoms with E-state index in [-0.39, 0.29) is 11.4 Å². The lowest BCUT2D eigenvalue weighted by molar-refractivity contribution is 0.0934. The molecule has 1 aliphatic rings. The molecule has 1 saturated carbocycles. The van der Waals surface area contributed by atoms with E-state index in [1.165, 1.54) is 0 Å². The molecule has 0 radical (unpaired) electrons. The number of hydrogen-bond donors (Lipinski definition) is 1. The summed E-state index contributed by atoms with van der Waals surface area (Å²) in [5.41, 5.74) is 0.689. The standard InChI is InChI=1S/C10H13NO2/c1-7-8(3-6-13-7)9(12)11-10(2)4-5-10/h3,6H,4-5H2,1-2H3,(H,11,12). The van der Waals surface area contributed by atoms with Gasteiger partial charge in [-0.2, -0.15) is 0 Å². The van der Waals surface area contributed by atoms with Crippen molar-refractivity contribution < 1.29 is 9.21 Å². The van der Waals surface area contributed by atoms with E-state index in [1.807, 2.05) is 0 Å². The summed E-state index contributed by atoms with van der Waals surface area (Å²) in [4.78, 5) is 11.6. The average Bonchev–Trinajstić information content (AvgIpc) is 2.63. The van der Waals surface area contributed by atoms with E-state index in [9.17, 15) is 4.79 Å². The summed E-state index contributed by atoms with van der Waals surface area (Å²) in [6, 6.07) is 1.70. The minimum atomic E-state index is -0.0220. The van der Waals surface area contributed by atoms with Gasteiger partial charge in [0.05, 0.1) is 11.8 Å². The summed E-state index contributed by atoms with van der Waals surface area (Å²) in [7, 11) is 0. The van der Waals surface area contributed by atoms with E-state index in [4.69, 9.17) is 4.42 Å². The SMILES string of the molecule is Cc1occc1C(=O)NC1(C)CC1. The Morgan fingerprint density at radius 2 is 2.31 bits per heavy atom. The maximum Gasteiger partial charge on any atom is 0.255 e. The van der Waals surface area contributed by atoms with Gasteiger partial charge in [0.15, 0.2) is 0 Å². The van der Waals surface area contributed by atoms with Crippen LogP contribution in [-0.4, -0.2) is 11.4 Å². The van der Waals surface area contributed by atoms with Crippen molar-refractivity contribution in [1.82, 2.24) is 5.32 Å². The fourth-order valence-electron chi connectivity index (χ4n) is 1.27. The van der Waals surface area contributed by atoms with Crippen molar-refractivity contribution in [3.63, 3.8) is 0 Å². The number of nitrogens with one attached hydrogen (secondary N) is 1. The molecule has 1 N–H and O–H groups in total. The van der Waals surface area contributed by atoms with Gasteiger partial charge in [0.1, 0.15) is 5.76 Å². The van der Waals surface area contributed by atoms with Crippen molar-refractivity contribution in [1.29, 1.82) is 0 Å². The maximum absolute atomic E-state index is 11.6. The third-order valence-electron chi connectivity index (χ3n) is 2.52. The van der Waals surface area contributed by atoms with Crippen LogP contribution in [0.2, 0.25) is 0 Å². The molecule has 1 aromatic rings. The Kier molecular flexibility index (Phi) is 1.68. The van der Waals surface area contributed by atoms with Gasteiger partial charge in [-0.15, -0.1) is 0 Å². The maximum atomic E-state index is 11.6. The molecule has 3 heteroatoms. The zero-order valence-electron chi connectivity index (χ0n) is 7.89. The van der Waals surface area contributed by atoms with Crippen LogP contribution in [0.3, 0.4) is 0 Å². The molecule has 0 bridgehead atoms. The number of rotatable bonds is 2. The van der Waals surface area contributed by atoms with Gasteiger partial charge in [-0.25, -0.2) is 0 Å². The predicted octanol–water partition coefficient (Wildman–Crippen LogP) is 1.87. The van der Waals surface area contributed by atoms with Crippen molar-refractivity contribution in [3.05, 3.63) is 23.7 Å². The minimum Gasteiger partial charge on any atom is -0.469 e. The highest BCUT2D eigenvalue weighted by atomic mass is 16.3. The number of furan rings is 1. The lowest BCUT2D eigenvalue weighted by Gasteiger charge is -2.10. The molecule has 70 valence electrons. The van der Waals surface area contributed by atoms with E-state index >= 15 is 0 Å². The van der Waals surface area contributed by atoms with Crippen LogP contribution in [0.4, 0.5) is 0 Å². The molecule has 1 aromatic heterocycles. The molecule has 0 atom stereocenters. The van der Waals surface area contributed by atoms with Gasteiger partial charge in [-0.05, 0) is 32.8 Å². The smallest absolute Gasteiger partial charge is 0.255 e. The largest absolute Gasteiger partial charge is 0.469 e. The topological polar surface area (TPSA) is 42.2 Å². The Bertz CT molecular complexity index is 336. The second-order valence-electron chi connectivity index (χ2n) is 3.91. The highest BCUT2D eigenvalue weighted by molar-refractivity contribution is 5.95. The minimum absolute atomic E-state index is 0.0220. The first-order chi connectivity index (χ1) is 6.11. The summed E-state index contributed by atoms with van der Waals surface area (Å²) in [5, 5.41) is 2.97. The first kappa shape index (κ1) is 8.35. The molecular weight excluding hydrogens is 166 g/mol. The number of amides is 1. The molecule has 1 aliphatic carbocycles. The van der Waals surface area contributed by atoms with Crippen molar-refractivity contribution in [2.45, 2.75) is 32.2 Å². The lowest BCUT2D eigenvalue weighted by atomic mass is 10.2. The van der Waals surface area contributed by atoms with Crippen molar-refractivity contribution >= 4 is 5.91 Å². The van der Waals surface area contributed by atoms with Crippen LogP contribution < -0.4 is 5.32 Å². The predicted molar refractivity (Wildman–Crippen MR) is 48.6 cm³/mol. The summed E-state index contributed by atoms with van der Waals surface area (Å²) in [5.74, 6) is 0.660. The number of aryl methyl sites for hydroxylation is 1. The van der Waals surface area contributed by atoms with Gasteiger partial charge in [-0.3, -0.25) is 4.79 Å². The molecular formula is C10H13NO2. The van der Waals surface area contributed by atoms with E-state index in [1.54, 1.807) is 19.3 Å². The highest BCUT2D eigenvalue weighted by Crippen LogP contribution is 2.34. The van der Waals surface area contributed by atoms with Crippen LogP contribution in [0.15, 0.2) is 16.7 Å². The quantitative estimate of drug-likeness (QED) is 0.753. The summed E-state index contributed by atoms with van der Waals surface area (Å²) >= 11 is 0. The second-order valence-corrected chi connectivity index (χ2v) is 3.91. The molecule has 0 aromatic carbocycles. The van der Waals surface area contributed by atoms with Gasteiger partial charge in [0.2, 0.25) is 0 Å². The fraction of sp³-hybridized carbons (Fsp3) is 0.500. The number of hydrogen-bond acceptors (Lipinski definition) is 2. The van der Waals surface area contributed by atoms with Crippen molar-refractivity contribution in [2.75, 3.05) is 0 Å². The third-order valence-corrected chi connectivity index (χ3v) is 2.52. The Labute approximate surface area is 77.1 Å². The molecule has 0 saturated heterocycles. The Balaban J connectivity index is 2.09. The van der Waals surface area contributed by atoms with Crippen LogP contribution in [0.25, 0.3) is 0 Å². The van der Waals surface area contributed by atoms with Gasteiger partial charge >= 0.3 is 0 Å². The number of carbonyl (C=O) groups excluding carboxylic acids is 1. The highest BCUT2D eigenvalue weighted by Gasteiger charge is 2.39. The van der Waals surface area contributed by atoms with Crippen molar-refractivity contribution in [2.24, 2.45) is 0 Å². The van der Waals surface area contributed by atoms with Crippen LogP contribution in [0.5, 0.6) is 0 Å². The van der Waals surface area contributed by atoms with Gasteiger partial charge in [0, 0.05) is 5.54 Å². The average molecular weight is 179 g/mol. The van der Waals surface area contributed by atoms with Crippen LogP contribution >= 0.6 is 0 Å². The molecule has 3 nitrogen and oxygen atoms in total. The molecule has 0 unspecified atom stereocenters. The molecule has 2 rings (SSSR count). The van der Waals surface area contributed by atoms with Crippen LogP contribution in [0.1, 0.15) is 35.9 Å². The fourth-order valence-corrected chi connectivity index (χ4v) is 1.27. The first-order valence-corrected chi connectivity index (χ1v) is 4.47. The molecule has 1 heterocycles. The Morgan fingerprint density at radius 1 is 1.62 bits per heavy atom. The normalized spacial score (nSPS) is 18.3. The zero-order chi connectivity index (χ0) is 9.47.